The maximum atomic E-state index is 12.0. The lowest BCUT2D eigenvalue weighted by Gasteiger charge is -2.16. The van der Waals surface area contributed by atoms with Crippen LogP contribution in [0.15, 0.2) is 30.3 Å². The summed E-state index contributed by atoms with van der Waals surface area (Å²) in [5, 5.41) is 3.48. The van der Waals surface area contributed by atoms with Gasteiger partial charge in [0.25, 0.3) is 5.91 Å². The summed E-state index contributed by atoms with van der Waals surface area (Å²) in [5.74, 6) is 0.902. The normalized spacial score (nSPS) is 13.8. The molecule has 2 aromatic rings. The van der Waals surface area contributed by atoms with E-state index in [-0.39, 0.29) is 12.5 Å². The molecule has 2 heterocycles. The molecule has 1 aliphatic heterocycles. The lowest BCUT2D eigenvalue weighted by atomic mass is 10.2. The Morgan fingerprint density at radius 1 is 1.24 bits per heavy atom. The monoisotopic (exact) mass is 360 g/mol. The lowest BCUT2D eigenvalue weighted by Crippen LogP contribution is -2.28. The first-order valence-corrected chi connectivity index (χ1v) is 8.72. The Morgan fingerprint density at radius 2 is 1.96 bits per heavy atom. The van der Waals surface area contributed by atoms with Crippen LogP contribution in [0.25, 0.3) is 0 Å². The smallest absolute Gasteiger partial charge is 0.258 e. The van der Waals surface area contributed by atoms with Crippen LogP contribution in [0, 0.1) is 6.92 Å². The van der Waals surface area contributed by atoms with E-state index in [0.717, 1.165) is 37.2 Å². The molecule has 25 heavy (non-hydrogen) atoms. The minimum atomic E-state index is -0.200. The third-order valence-electron chi connectivity index (χ3n) is 3.96. The molecule has 1 aromatic heterocycles. The number of rotatable bonds is 6. The zero-order valence-corrected chi connectivity index (χ0v) is 14.9. The largest absolute Gasteiger partial charge is 0.467 e. The van der Waals surface area contributed by atoms with E-state index in [1.807, 2.05) is 19.1 Å². The molecule has 0 aliphatic carbocycles. The summed E-state index contributed by atoms with van der Waals surface area (Å²) in [6.45, 7) is 4.17. The fraction of sp³-hybridized carbons (Fsp3) is 0.389. The molecule has 1 aliphatic rings. The van der Waals surface area contributed by atoms with Crippen LogP contribution in [0.1, 0.15) is 24.1 Å². The molecule has 0 unspecified atom stereocenters. The summed E-state index contributed by atoms with van der Waals surface area (Å²) in [6.07, 6.45) is 2.31. The number of amides is 1. The minimum absolute atomic E-state index is 0.0799. The zero-order valence-electron chi connectivity index (χ0n) is 14.2. The molecule has 6 nitrogen and oxygen atoms in total. The van der Waals surface area contributed by atoms with Gasteiger partial charge in [-0.25, -0.2) is 4.98 Å². The van der Waals surface area contributed by atoms with Crippen LogP contribution in [-0.4, -0.2) is 35.6 Å². The van der Waals surface area contributed by atoms with Crippen molar-refractivity contribution in [2.75, 3.05) is 24.6 Å². The SMILES string of the molecule is Cc1cc(OCC(=O)NCc2ccc(Cl)cc2)nc(N2CCCC2)n1. The van der Waals surface area contributed by atoms with Gasteiger partial charge in [0.05, 0.1) is 0 Å². The first-order chi connectivity index (χ1) is 12.1. The molecular weight excluding hydrogens is 340 g/mol. The molecule has 0 spiro atoms. The van der Waals surface area contributed by atoms with E-state index >= 15 is 0 Å². The van der Waals surface area contributed by atoms with Gasteiger partial charge in [-0.05, 0) is 37.5 Å². The highest BCUT2D eigenvalue weighted by molar-refractivity contribution is 6.30. The first kappa shape index (κ1) is 17.5. The van der Waals surface area contributed by atoms with Crippen molar-refractivity contribution in [3.05, 3.63) is 46.6 Å². The van der Waals surface area contributed by atoms with Gasteiger partial charge in [0.15, 0.2) is 6.61 Å². The molecule has 7 heteroatoms. The molecule has 0 bridgehead atoms. The number of carbonyl (C=O) groups excluding carboxylic acids is 1. The number of hydrogen-bond donors (Lipinski definition) is 1. The van der Waals surface area contributed by atoms with Crippen LogP contribution in [-0.2, 0) is 11.3 Å². The van der Waals surface area contributed by atoms with Crippen molar-refractivity contribution in [2.24, 2.45) is 0 Å². The molecule has 1 N–H and O–H groups in total. The summed E-state index contributed by atoms with van der Waals surface area (Å²) in [6, 6.07) is 9.08. The molecule has 3 rings (SSSR count). The molecule has 0 radical (unpaired) electrons. The standard InChI is InChI=1S/C18H21ClN4O2/c1-13-10-17(22-18(21-13)23-8-2-3-9-23)25-12-16(24)20-11-14-4-6-15(19)7-5-14/h4-7,10H,2-3,8-9,11-12H2,1H3,(H,20,24). The van der Waals surface area contributed by atoms with Gasteiger partial charge in [0.1, 0.15) is 0 Å². The highest BCUT2D eigenvalue weighted by Gasteiger charge is 2.16. The van der Waals surface area contributed by atoms with Crippen LogP contribution in [0.5, 0.6) is 5.88 Å². The van der Waals surface area contributed by atoms with Crippen molar-refractivity contribution >= 4 is 23.5 Å². The van der Waals surface area contributed by atoms with Gasteiger partial charge in [-0.15, -0.1) is 0 Å². The number of halogens is 1. The van der Waals surface area contributed by atoms with Gasteiger partial charge < -0.3 is 15.0 Å². The van der Waals surface area contributed by atoms with Crippen LogP contribution in [0.4, 0.5) is 5.95 Å². The van der Waals surface area contributed by atoms with Crippen molar-refractivity contribution in [2.45, 2.75) is 26.3 Å². The average molecular weight is 361 g/mol. The Hall–Kier alpha value is -2.34. The van der Waals surface area contributed by atoms with Gasteiger partial charge in [0, 0.05) is 36.4 Å². The average Bonchev–Trinajstić information content (AvgIpc) is 3.14. The molecule has 0 saturated carbocycles. The van der Waals surface area contributed by atoms with Crippen molar-refractivity contribution in [1.82, 2.24) is 15.3 Å². The highest BCUT2D eigenvalue weighted by atomic mass is 35.5. The number of aryl methyl sites for hydroxylation is 1. The van der Waals surface area contributed by atoms with Gasteiger partial charge in [-0.1, -0.05) is 23.7 Å². The number of benzene rings is 1. The quantitative estimate of drug-likeness (QED) is 0.857. The molecule has 1 fully saturated rings. The number of ether oxygens (including phenoxy) is 1. The lowest BCUT2D eigenvalue weighted by molar-refractivity contribution is -0.123. The topological polar surface area (TPSA) is 67.3 Å². The Morgan fingerprint density at radius 3 is 2.68 bits per heavy atom. The van der Waals surface area contributed by atoms with Crippen molar-refractivity contribution in [3.63, 3.8) is 0 Å². The van der Waals surface area contributed by atoms with E-state index in [4.69, 9.17) is 16.3 Å². The molecular formula is C18H21ClN4O2. The summed E-state index contributed by atoms with van der Waals surface area (Å²) < 4.78 is 5.55. The van der Waals surface area contributed by atoms with E-state index in [1.165, 1.54) is 0 Å². The van der Waals surface area contributed by atoms with E-state index in [1.54, 1.807) is 18.2 Å². The van der Waals surface area contributed by atoms with Crippen LogP contribution in [0.2, 0.25) is 5.02 Å². The molecule has 1 saturated heterocycles. The first-order valence-electron chi connectivity index (χ1n) is 8.35. The fourth-order valence-electron chi connectivity index (χ4n) is 2.65. The van der Waals surface area contributed by atoms with Gasteiger partial charge >= 0.3 is 0 Å². The molecule has 1 aromatic carbocycles. The Bertz CT molecular complexity index is 730. The number of carbonyl (C=O) groups is 1. The van der Waals surface area contributed by atoms with Gasteiger partial charge in [-0.3, -0.25) is 4.79 Å². The third kappa shape index (κ3) is 5.06. The zero-order chi connectivity index (χ0) is 17.6. The maximum Gasteiger partial charge on any atom is 0.258 e. The fourth-order valence-corrected chi connectivity index (χ4v) is 2.78. The molecule has 0 atom stereocenters. The summed E-state index contributed by atoms with van der Waals surface area (Å²) in [4.78, 5) is 23.0. The van der Waals surface area contributed by atoms with Crippen LogP contribution >= 0.6 is 11.6 Å². The second kappa shape index (κ2) is 8.16. The summed E-state index contributed by atoms with van der Waals surface area (Å²) in [5.41, 5.74) is 1.81. The van der Waals surface area contributed by atoms with Crippen LogP contribution < -0.4 is 15.0 Å². The predicted molar refractivity (Wildman–Crippen MR) is 97.0 cm³/mol. The summed E-state index contributed by atoms with van der Waals surface area (Å²) in [7, 11) is 0. The summed E-state index contributed by atoms with van der Waals surface area (Å²) >= 11 is 5.84. The van der Waals surface area contributed by atoms with E-state index < -0.39 is 0 Å². The van der Waals surface area contributed by atoms with Crippen molar-refractivity contribution in [3.8, 4) is 5.88 Å². The van der Waals surface area contributed by atoms with E-state index in [0.29, 0.717) is 23.4 Å². The Balaban J connectivity index is 1.52. The van der Waals surface area contributed by atoms with Crippen molar-refractivity contribution < 1.29 is 9.53 Å². The maximum absolute atomic E-state index is 12.0. The molecule has 132 valence electrons. The number of nitrogens with one attached hydrogen (secondary N) is 1. The van der Waals surface area contributed by atoms with Gasteiger partial charge in [0.2, 0.25) is 11.8 Å². The molecule has 1 amide bonds. The third-order valence-corrected chi connectivity index (χ3v) is 4.21. The van der Waals surface area contributed by atoms with Gasteiger partial charge in [-0.2, -0.15) is 4.98 Å². The Kier molecular flexibility index (Phi) is 5.71. The highest BCUT2D eigenvalue weighted by Crippen LogP contribution is 2.19. The minimum Gasteiger partial charge on any atom is -0.467 e. The Labute approximate surface area is 152 Å². The number of anilines is 1. The number of nitrogens with zero attached hydrogens (tertiary/aromatic N) is 3. The number of hydrogen-bond acceptors (Lipinski definition) is 5. The predicted octanol–water partition coefficient (Wildman–Crippen LogP) is 2.73. The van der Waals surface area contributed by atoms with E-state index in [9.17, 15) is 4.79 Å². The second-order valence-electron chi connectivity index (χ2n) is 6.03. The second-order valence-corrected chi connectivity index (χ2v) is 6.47. The van der Waals surface area contributed by atoms with Crippen LogP contribution in [0.3, 0.4) is 0 Å². The van der Waals surface area contributed by atoms with Crippen molar-refractivity contribution in [1.29, 1.82) is 0 Å². The number of aromatic nitrogens is 2. The van der Waals surface area contributed by atoms with E-state index in [2.05, 4.69) is 20.2 Å².